The van der Waals surface area contributed by atoms with Gasteiger partial charge in [0.2, 0.25) is 15.9 Å². The van der Waals surface area contributed by atoms with Crippen LogP contribution in [0.3, 0.4) is 0 Å². The molecule has 0 atom stereocenters. The summed E-state index contributed by atoms with van der Waals surface area (Å²) in [5, 5.41) is 2.86. The monoisotopic (exact) mass is 418 g/mol. The van der Waals surface area contributed by atoms with Crippen molar-refractivity contribution in [1.29, 1.82) is 0 Å². The number of carbonyl (C=O) groups is 1. The molecule has 0 bridgehead atoms. The molecule has 29 heavy (non-hydrogen) atoms. The second-order valence-electron chi connectivity index (χ2n) is 7.03. The van der Waals surface area contributed by atoms with Crippen molar-refractivity contribution in [3.63, 3.8) is 0 Å². The molecule has 2 aromatic rings. The number of methoxy groups -OCH3 is 1. The van der Waals surface area contributed by atoms with Gasteiger partial charge >= 0.3 is 0 Å². The maximum absolute atomic E-state index is 13.1. The fourth-order valence-electron chi connectivity index (χ4n) is 3.17. The van der Waals surface area contributed by atoms with E-state index in [0.29, 0.717) is 37.6 Å². The molecule has 7 nitrogen and oxygen atoms in total. The van der Waals surface area contributed by atoms with Gasteiger partial charge in [-0.2, -0.15) is 4.31 Å². The van der Waals surface area contributed by atoms with Crippen molar-refractivity contribution in [2.75, 3.05) is 38.7 Å². The maximum atomic E-state index is 13.1. The third-order valence-corrected chi connectivity index (χ3v) is 6.89. The van der Waals surface area contributed by atoms with Crippen molar-refractivity contribution in [3.05, 3.63) is 53.1 Å². The van der Waals surface area contributed by atoms with Crippen molar-refractivity contribution < 1.29 is 22.7 Å². The van der Waals surface area contributed by atoms with Gasteiger partial charge in [-0.15, -0.1) is 0 Å². The number of aryl methyl sites for hydroxylation is 2. The van der Waals surface area contributed by atoms with Gasteiger partial charge in [0.25, 0.3) is 0 Å². The molecule has 0 aromatic heterocycles. The molecule has 1 heterocycles. The lowest BCUT2D eigenvalue weighted by molar-refractivity contribution is -0.115. The van der Waals surface area contributed by atoms with E-state index in [9.17, 15) is 13.2 Å². The molecule has 156 valence electrons. The van der Waals surface area contributed by atoms with Crippen molar-refractivity contribution in [3.8, 4) is 5.75 Å². The highest BCUT2D eigenvalue weighted by molar-refractivity contribution is 7.89. The Labute approximate surface area is 171 Å². The number of hydrogen-bond donors (Lipinski definition) is 1. The molecule has 1 fully saturated rings. The summed E-state index contributed by atoms with van der Waals surface area (Å²) < 4.78 is 38.0. The summed E-state index contributed by atoms with van der Waals surface area (Å²) >= 11 is 0. The number of anilines is 1. The Balaban J connectivity index is 1.80. The molecule has 1 amide bonds. The lowest BCUT2D eigenvalue weighted by atomic mass is 10.1. The molecular formula is C21H26N2O5S. The van der Waals surface area contributed by atoms with Gasteiger partial charge in [0.1, 0.15) is 10.6 Å². The van der Waals surface area contributed by atoms with Crippen molar-refractivity contribution in [1.82, 2.24) is 4.31 Å². The summed E-state index contributed by atoms with van der Waals surface area (Å²) in [6.45, 7) is 5.30. The van der Waals surface area contributed by atoms with Crippen LogP contribution in [0.5, 0.6) is 5.75 Å². The van der Waals surface area contributed by atoms with E-state index in [0.717, 1.165) is 11.1 Å². The number of nitrogens with zero attached hydrogens (tertiary/aromatic N) is 1. The highest BCUT2D eigenvalue weighted by atomic mass is 32.2. The van der Waals surface area contributed by atoms with E-state index in [4.69, 9.17) is 9.47 Å². The molecule has 0 saturated carbocycles. The predicted molar refractivity (Wildman–Crippen MR) is 111 cm³/mol. The smallest absolute Gasteiger partial charge is 0.246 e. The van der Waals surface area contributed by atoms with Crippen LogP contribution in [0.1, 0.15) is 16.7 Å². The summed E-state index contributed by atoms with van der Waals surface area (Å²) in [7, 11) is -2.31. The number of ether oxygens (including phenoxy) is 2. The van der Waals surface area contributed by atoms with Gasteiger partial charge in [-0.3, -0.25) is 4.79 Å². The van der Waals surface area contributed by atoms with Crippen molar-refractivity contribution in [2.24, 2.45) is 0 Å². The van der Waals surface area contributed by atoms with Gasteiger partial charge in [0, 0.05) is 18.8 Å². The van der Waals surface area contributed by atoms with E-state index >= 15 is 0 Å². The van der Waals surface area contributed by atoms with Crippen LogP contribution in [0, 0.1) is 13.8 Å². The predicted octanol–water partition coefficient (Wildman–Crippen LogP) is 2.51. The minimum Gasteiger partial charge on any atom is -0.495 e. The highest BCUT2D eigenvalue weighted by Crippen LogP contribution is 2.28. The number of benzene rings is 2. The number of morpholine rings is 1. The summed E-state index contributed by atoms with van der Waals surface area (Å²) in [5.74, 6) is 0.0444. The van der Waals surface area contributed by atoms with Crippen LogP contribution in [-0.4, -0.2) is 52.0 Å². The standard InChI is InChI=1S/C21H26N2O5S/c1-15-4-6-18(12-16(15)2)22-21(24)14-17-5-7-19(27-3)20(13-17)29(25,26)23-8-10-28-11-9-23/h4-7,12-13H,8-11,14H2,1-3H3,(H,22,24). The molecule has 0 aliphatic carbocycles. The zero-order valence-electron chi connectivity index (χ0n) is 16.9. The average Bonchev–Trinajstić information content (AvgIpc) is 2.71. The van der Waals surface area contributed by atoms with E-state index in [1.54, 1.807) is 12.1 Å². The Bertz CT molecular complexity index is 998. The first kappa shape index (κ1) is 21.3. The van der Waals surface area contributed by atoms with Crippen LogP contribution < -0.4 is 10.1 Å². The fraction of sp³-hybridized carbons (Fsp3) is 0.381. The molecule has 0 radical (unpaired) electrons. The molecule has 1 aliphatic heterocycles. The van der Waals surface area contributed by atoms with Gasteiger partial charge < -0.3 is 14.8 Å². The van der Waals surface area contributed by atoms with E-state index in [-0.39, 0.29) is 23.0 Å². The van der Waals surface area contributed by atoms with E-state index in [1.807, 2.05) is 32.0 Å². The fourth-order valence-corrected chi connectivity index (χ4v) is 4.78. The normalized spacial score (nSPS) is 15.1. The quantitative estimate of drug-likeness (QED) is 0.779. The van der Waals surface area contributed by atoms with Gasteiger partial charge in [-0.05, 0) is 54.8 Å². The van der Waals surface area contributed by atoms with Crippen LogP contribution in [0.15, 0.2) is 41.3 Å². The molecule has 1 saturated heterocycles. The number of rotatable bonds is 6. The lowest BCUT2D eigenvalue weighted by Crippen LogP contribution is -2.40. The molecule has 0 spiro atoms. The molecule has 1 N–H and O–H groups in total. The molecule has 0 unspecified atom stereocenters. The van der Waals surface area contributed by atoms with Crippen LogP contribution in [0.4, 0.5) is 5.69 Å². The maximum Gasteiger partial charge on any atom is 0.246 e. The summed E-state index contributed by atoms with van der Waals surface area (Å²) in [4.78, 5) is 12.5. The SMILES string of the molecule is COc1ccc(CC(=O)Nc2ccc(C)c(C)c2)cc1S(=O)(=O)N1CCOCC1. The minimum absolute atomic E-state index is 0.0581. The van der Waals surface area contributed by atoms with Crippen molar-refractivity contribution >= 4 is 21.6 Å². The number of carbonyl (C=O) groups excluding carboxylic acids is 1. The first-order valence-electron chi connectivity index (χ1n) is 9.43. The Hall–Kier alpha value is -2.42. The molecule has 8 heteroatoms. The number of nitrogens with one attached hydrogen (secondary N) is 1. The third-order valence-electron chi connectivity index (χ3n) is 4.97. The first-order valence-corrected chi connectivity index (χ1v) is 10.9. The second kappa shape index (κ2) is 8.94. The lowest BCUT2D eigenvalue weighted by Gasteiger charge is -2.26. The molecule has 1 aliphatic rings. The van der Waals surface area contributed by atoms with E-state index in [2.05, 4.69) is 5.32 Å². The number of sulfonamides is 1. The number of amides is 1. The Kier molecular flexibility index (Phi) is 6.56. The topological polar surface area (TPSA) is 84.9 Å². The van der Waals surface area contributed by atoms with Crippen LogP contribution in [0.25, 0.3) is 0 Å². The Morgan fingerprint density at radius 2 is 1.83 bits per heavy atom. The van der Waals surface area contributed by atoms with E-state index in [1.165, 1.54) is 17.5 Å². The second-order valence-corrected chi connectivity index (χ2v) is 8.93. The van der Waals surface area contributed by atoms with E-state index < -0.39 is 10.0 Å². The largest absolute Gasteiger partial charge is 0.495 e. The molecule has 2 aromatic carbocycles. The zero-order chi connectivity index (χ0) is 21.0. The van der Waals surface area contributed by atoms with Crippen LogP contribution >= 0.6 is 0 Å². The number of hydrogen-bond acceptors (Lipinski definition) is 5. The third kappa shape index (κ3) is 4.95. The highest BCUT2D eigenvalue weighted by Gasteiger charge is 2.29. The van der Waals surface area contributed by atoms with Crippen LogP contribution in [0.2, 0.25) is 0 Å². The van der Waals surface area contributed by atoms with Gasteiger partial charge in [0.05, 0.1) is 26.7 Å². The first-order chi connectivity index (χ1) is 13.8. The van der Waals surface area contributed by atoms with Gasteiger partial charge in [-0.25, -0.2) is 8.42 Å². The average molecular weight is 419 g/mol. The minimum atomic E-state index is -3.74. The molecule has 3 rings (SSSR count). The molecular weight excluding hydrogens is 392 g/mol. The van der Waals surface area contributed by atoms with Crippen molar-refractivity contribution in [2.45, 2.75) is 25.2 Å². The zero-order valence-corrected chi connectivity index (χ0v) is 17.7. The van der Waals surface area contributed by atoms with Gasteiger partial charge in [-0.1, -0.05) is 12.1 Å². The van der Waals surface area contributed by atoms with Gasteiger partial charge in [0.15, 0.2) is 0 Å². The van der Waals surface area contributed by atoms with Crippen LogP contribution in [-0.2, 0) is 26.0 Å². The summed E-state index contributed by atoms with van der Waals surface area (Å²) in [6, 6.07) is 10.5. The summed E-state index contributed by atoms with van der Waals surface area (Å²) in [5.41, 5.74) is 3.55. The summed E-state index contributed by atoms with van der Waals surface area (Å²) in [6.07, 6.45) is 0.0581. The Morgan fingerprint density at radius 3 is 2.48 bits per heavy atom. The Morgan fingerprint density at radius 1 is 1.10 bits per heavy atom.